The van der Waals surface area contributed by atoms with Crippen molar-refractivity contribution in [3.05, 3.63) is 41.3 Å². The molecular formula is C12H11NO5S2. The molecule has 1 aromatic heterocycles. The lowest BCUT2D eigenvalue weighted by molar-refractivity contribution is 0.0702. The van der Waals surface area contributed by atoms with Crippen LogP contribution in [0.25, 0.3) is 0 Å². The van der Waals surface area contributed by atoms with E-state index >= 15 is 0 Å². The molecule has 1 aromatic carbocycles. The average Bonchev–Trinajstić information content (AvgIpc) is 2.88. The molecule has 0 saturated carbocycles. The molecule has 0 aliphatic rings. The molecule has 0 spiro atoms. The maximum atomic E-state index is 12.3. The van der Waals surface area contributed by atoms with Gasteiger partial charge in [0, 0.05) is 13.1 Å². The van der Waals surface area contributed by atoms with Crippen molar-refractivity contribution in [1.82, 2.24) is 0 Å². The first-order chi connectivity index (χ1) is 9.32. The number of hydrogen-bond acceptors (Lipinski definition) is 5. The molecule has 0 aliphatic heterocycles. The Morgan fingerprint density at radius 2 is 1.95 bits per heavy atom. The second kappa shape index (κ2) is 5.14. The lowest BCUT2D eigenvalue weighted by Gasteiger charge is -2.18. The highest BCUT2D eigenvalue weighted by Gasteiger charge is 2.24. The summed E-state index contributed by atoms with van der Waals surface area (Å²) < 4.78 is 25.6. The fourth-order valence-corrected chi connectivity index (χ4v) is 4.04. The number of phenolic OH excluding ortho intramolecular Hbond substituents is 1. The molecule has 106 valence electrons. The number of rotatable bonds is 4. The van der Waals surface area contributed by atoms with Crippen LogP contribution < -0.4 is 4.31 Å². The monoisotopic (exact) mass is 313 g/mol. The van der Waals surface area contributed by atoms with Crippen molar-refractivity contribution in [2.24, 2.45) is 0 Å². The molecule has 0 amide bonds. The van der Waals surface area contributed by atoms with E-state index < -0.39 is 16.0 Å². The Hall–Kier alpha value is -2.06. The zero-order chi connectivity index (χ0) is 14.9. The Kier molecular flexibility index (Phi) is 3.69. The molecular weight excluding hydrogens is 302 g/mol. The first-order valence-electron chi connectivity index (χ1n) is 5.43. The van der Waals surface area contributed by atoms with Gasteiger partial charge in [0.2, 0.25) is 0 Å². The summed E-state index contributed by atoms with van der Waals surface area (Å²) in [5.41, 5.74) is 0.287. The van der Waals surface area contributed by atoms with Gasteiger partial charge in [-0.1, -0.05) is 6.07 Å². The van der Waals surface area contributed by atoms with E-state index in [1.807, 2.05) is 0 Å². The molecule has 0 atom stereocenters. The second-order valence-corrected chi connectivity index (χ2v) is 7.20. The molecule has 0 fully saturated rings. The van der Waals surface area contributed by atoms with Crippen LogP contribution >= 0.6 is 11.3 Å². The maximum Gasteiger partial charge on any atom is 0.345 e. The topological polar surface area (TPSA) is 94.9 Å². The molecule has 0 aliphatic carbocycles. The molecule has 0 saturated heterocycles. The number of anilines is 1. The lowest BCUT2D eigenvalue weighted by atomic mass is 10.3. The Morgan fingerprint density at radius 3 is 2.50 bits per heavy atom. The first kappa shape index (κ1) is 14.4. The number of thiophene rings is 1. The largest absolute Gasteiger partial charge is 0.508 e. The summed E-state index contributed by atoms with van der Waals surface area (Å²) in [6, 6.07) is 8.29. The summed E-state index contributed by atoms with van der Waals surface area (Å²) in [5, 5.41) is 18.2. The van der Waals surface area contributed by atoms with Gasteiger partial charge in [0.15, 0.2) is 0 Å². The number of sulfonamides is 1. The third kappa shape index (κ3) is 2.61. The highest BCUT2D eigenvalue weighted by atomic mass is 32.2. The van der Waals surface area contributed by atoms with Crippen molar-refractivity contribution in [3.8, 4) is 5.75 Å². The van der Waals surface area contributed by atoms with Crippen molar-refractivity contribution in [2.45, 2.75) is 4.21 Å². The predicted octanol–water partition coefficient (Wildman–Crippen LogP) is 1.98. The number of aromatic hydroxyl groups is 1. The number of hydrogen-bond donors (Lipinski definition) is 2. The third-order valence-electron chi connectivity index (χ3n) is 2.60. The number of nitrogens with zero attached hydrogens (tertiary/aromatic N) is 1. The van der Waals surface area contributed by atoms with Gasteiger partial charge in [-0.15, -0.1) is 11.3 Å². The van der Waals surface area contributed by atoms with E-state index in [1.165, 1.54) is 43.4 Å². The maximum absolute atomic E-state index is 12.3. The van der Waals surface area contributed by atoms with E-state index in [9.17, 15) is 18.3 Å². The number of phenols is 1. The molecule has 0 unspecified atom stereocenters. The lowest BCUT2D eigenvalue weighted by Crippen LogP contribution is -2.25. The summed E-state index contributed by atoms with van der Waals surface area (Å²) in [5.74, 6) is -1.22. The fourth-order valence-electron chi connectivity index (χ4n) is 1.54. The van der Waals surface area contributed by atoms with Gasteiger partial charge >= 0.3 is 5.97 Å². The van der Waals surface area contributed by atoms with Crippen molar-refractivity contribution in [3.63, 3.8) is 0 Å². The van der Waals surface area contributed by atoms with Crippen LogP contribution in [0.3, 0.4) is 0 Å². The number of aromatic carboxylic acids is 1. The van der Waals surface area contributed by atoms with Crippen LogP contribution in [-0.2, 0) is 10.0 Å². The normalized spacial score (nSPS) is 11.2. The van der Waals surface area contributed by atoms with Crippen LogP contribution in [0.2, 0.25) is 0 Å². The highest BCUT2D eigenvalue weighted by molar-refractivity contribution is 7.94. The van der Waals surface area contributed by atoms with Gasteiger partial charge in [-0.3, -0.25) is 4.31 Å². The minimum absolute atomic E-state index is 0.0483. The van der Waals surface area contributed by atoms with Gasteiger partial charge in [-0.05, 0) is 24.3 Å². The van der Waals surface area contributed by atoms with E-state index in [0.717, 1.165) is 4.31 Å². The zero-order valence-electron chi connectivity index (χ0n) is 10.3. The van der Waals surface area contributed by atoms with Crippen LogP contribution in [0.4, 0.5) is 5.69 Å². The van der Waals surface area contributed by atoms with E-state index in [2.05, 4.69) is 0 Å². The predicted molar refractivity (Wildman–Crippen MR) is 75.0 cm³/mol. The molecule has 2 N–H and O–H groups in total. The second-order valence-electron chi connectivity index (χ2n) is 3.92. The SMILES string of the molecule is CN(c1cccc(O)c1)S(=O)(=O)c1ccc(C(=O)O)s1. The summed E-state index contributed by atoms with van der Waals surface area (Å²) in [6.07, 6.45) is 0. The Balaban J connectivity index is 2.41. The summed E-state index contributed by atoms with van der Waals surface area (Å²) in [6.45, 7) is 0. The van der Waals surface area contributed by atoms with E-state index in [4.69, 9.17) is 5.11 Å². The van der Waals surface area contributed by atoms with E-state index in [-0.39, 0.29) is 20.5 Å². The molecule has 20 heavy (non-hydrogen) atoms. The number of benzene rings is 1. The van der Waals surface area contributed by atoms with Crippen molar-refractivity contribution in [1.29, 1.82) is 0 Å². The standard InChI is InChI=1S/C12H11NO5S2/c1-13(8-3-2-4-9(14)7-8)20(17,18)11-6-5-10(19-11)12(15)16/h2-7,14H,1H3,(H,15,16). The van der Waals surface area contributed by atoms with Crippen LogP contribution in [0.1, 0.15) is 9.67 Å². The number of carboxylic acid groups (broad SMARTS) is 1. The molecule has 0 bridgehead atoms. The zero-order valence-corrected chi connectivity index (χ0v) is 12.0. The van der Waals surface area contributed by atoms with Crippen LogP contribution in [-0.4, -0.2) is 31.6 Å². The van der Waals surface area contributed by atoms with Crippen molar-refractivity contribution >= 4 is 33.0 Å². The first-order valence-corrected chi connectivity index (χ1v) is 7.69. The molecule has 1 heterocycles. The number of carboxylic acids is 1. The Morgan fingerprint density at radius 1 is 1.25 bits per heavy atom. The highest BCUT2D eigenvalue weighted by Crippen LogP contribution is 2.28. The minimum atomic E-state index is -3.84. The van der Waals surface area contributed by atoms with Crippen LogP contribution in [0.5, 0.6) is 5.75 Å². The molecule has 2 aromatic rings. The third-order valence-corrected chi connectivity index (χ3v) is 5.93. The molecule has 2 rings (SSSR count). The van der Waals surface area contributed by atoms with E-state index in [1.54, 1.807) is 0 Å². The van der Waals surface area contributed by atoms with Gasteiger partial charge in [-0.25, -0.2) is 13.2 Å². The van der Waals surface area contributed by atoms with Gasteiger partial charge in [0.1, 0.15) is 14.8 Å². The van der Waals surface area contributed by atoms with Gasteiger partial charge in [-0.2, -0.15) is 0 Å². The number of carbonyl (C=O) groups is 1. The smallest absolute Gasteiger partial charge is 0.345 e. The molecule has 0 radical (unpaired) electrons. The summed E-state index contributed by atoms with van der Waals surface area (Å²) >= 11 is 0.683. The average molecular weight is 313 g/mol. The minimum Gasteiger partial charge on any atom is -0.508 e. The molecule has 8 heteroatoms. The van der Waals surface area contributed by atoms with Crippen LogP contribution in [0.15, 0.2) is 40.6 Å². The van der Waals surface area contributed by atoms with Crippen molar-refractivity contribution in [2.75, 3.05) is 11.4 Å². The summed E-state index contributed by atoms with van der Waals surface area (Å²) in [4.78, 5) is 10.7. The fraction of sp³-hybridized carbons (Fsp3) is 0.0833. The van der Waals surface area contributed by atoms with Crippen LogP contribution in [0, 0.1) is 0 Å². The van der Waals surface area contributed by atoms with Gasteiger partial charge in [0.05, 0.1) is 5.69 Å². The van der Waals surface area contributed by atoms with Gasteiger partial charge < -0.3 is 10.2 Å². The Labute approximate surface area is 119 Å². The Bertz CT molecular complexity index is 751. The van der Waals surface area contributed by atoms with E-state index in [0.29, 0.717) is 11.3 Å². The molecule has 6 nitrogen and oxygen atoms in total. The van der Waals surface area contributed by atoms with Gasteiger partial charge in [0.25, 0.3) is 10.0 Å². The quantitative estimate of drug-likeness (QED) is 0.900. The van der Waals surface area contributed by atoms with Crippen molar-refractivity contribution < 1.29 is 23.4 Å². The summed E-state index contributed by atoms with van der Waals surface area (Å²) in [7, 11) is -2.51.